The number of rotatable bonds is 8. The Bertz CT molecular complexity index is 1300. The first-order valence-corrected chi connectivity index (χ1v) is 12.3. The monoisotopic (exact) mass is 472 g/mol. The molecule has 35 heavy (non-hydrogen) atoms. The van der Waals surface area contributed by atoms with E-state index < -0.39 is 5.91 Å². The molecule has 2 N–H and O–H groups in total. The number of nitrogens with zero attached hydrogens (tertiary/aromatic N) is 5. The van der Waals surface area contributed by atoms with E-state index in [1.807, 2.05) is 30.6 Å². The molecule has 0 bridgehead atoms. The quantitative estimate of drug-likeness (QED) is 0.500. The molecule has 2 heterocycles. The summed E-state index contributed by atoms with van der Waals surface area (Å²) in [5.74, 6) is -0.467. The summed E-state index contributed by atoms with van der Waals surface area (Å²) >= 11 is 0. The first-order chi connectivity index (χ1) is 17.0. The lowest BCUT2D eigenvalue weighted by molar-refractivity contribution is -0.116. The van der Waals surface area contributed by atoms with Crippen LogP contribution < -0.4 is 10.6 Å². The van der Waals surface area contributed by atoms with Crippen molar-refractivity contribution in [1.82, 2.24) is 14.5 Å². The number of carbonyl (C=O) groups excluding carboxylic acids is 2. The van der Waals surface area contributed by atoms with E-state index >= 15 is 0 Å². The number of anilines is 1. The Labute approximate surface area is 205 Å². The van der Waals surface area contributed by atoms with E-state index in [1.165, 1.54) is 32.1 Å². The van der Waals surface area contributed by atoms with Crippen molar-refractivity contribution in [2.45, 2.75) is 44.6 Å². The average Bonchev–Trinajstić information content (AvgIpc) is 3.53. The molecule has 0 atom stereocenters. The summed E-state index contributed by atoms with van der Waals surface area (Å²) in [6.45, 7) is 1.10. The molecular weight excluding hydrogens is 440 g/mol. The van der Waals surface area contributed by atoms with Crippen LogP contribution in [0.4, 0.5) is 11.4 Å². The van der Waals surface area contributed by atoms with Crippen molar-refractivity contribution < 1.29 is 9.59 Å². The highest BCUT2D eigenvalue weighted by Gasteiger charge is 2.26. The van der Waals surface area contributed by atoms with Gasteiger partial charge in [-0.1, -0.05) is 25.3 Å². The molecule has 182 valence electrons. The van der Waals surface area contributed by atoms with Crippen molar-refractivity contribution in [3.63, 3.8) is 0 Å². The number of aliphatic imine (C=N–C) groups is 1. The lowest BCUT2D eigenvalue weighted by Crippen LogP contribution is -2.31. The number of hydrogen-bond donors (Lipinski definition) is 1. The largest absolute Gasteiger partial charge is 0.372 e. The van der Waals surface area contributed by atoms with E-state index in [0.29, 0.717) is 31.1 Å². The second-order valence-corrected chi connectivity index (χ2v) is 9.68. The van der Waals surface area contributed by atoms with Gasteiger partial charge in [0.15, 0.2) is 0 Å². The first kappa shape index (κ1) is 23.1. The maximum absolute atomic E-state index is 12.5. The van der Waals surface area contributed by atoms with Crippen LogP contribution in [0.5, 0.6) is 0 Å². The Kier molecular flexibility index (Phi) is 6.28. The Morgan fingerprint density at radius 2 is 1.97 bits per heavy atom. The highest BCUT2D eigenvalue weighted by atomic mass is 16.1. The highest BCUT2D eigenvalue weighted by Crippen LogP contribution is 2.43. The molecule has 1 saturated carbocycles. The lowest BCUT2D eigenvalue weighted by atomic mass is 9.93. The second-order valence-electron chi connectivity index (χ2n) is 9.68. The SMILES string of the molecule is CN(C=O)CCN(C)c1cc(-c2ccc3c(c2)ncn3C2CCCCC2)c2c(c1C(N)=O)CC=N2. The minimum absolute atomic E-state index is 0.467. The van der Waals surface area contributed by atoms with Gasteiger partial charge in [-0.15, -0.1) is 0 Å². The van der Waals surface area contributed by atoms with Crippen LogP contribution >= 0.6 is 0 Å². The van der Waals surface area contributed by atoms with Crippen molar-refractivity contribution in [3.05, 3.63) is 41.7 Å². The second kappa shape index (κ2) is 9.52. The van der Waals surface area contributed by atoms with Crippen molar-refractivity contribution in [1.29, 1.82) is 0 Å². The number of primary amides is 1. The van der Waals surface area contributed by atoms with Gasteiger partial charge in [-0.25, -0.2) is 4.98 Å². The Morgan fingerprint density at radius 3 is 2.71 bits per heavy atom. The maximum Gasteiger partial charge on any atom is 0.251 e. The van der Waals surface area contributed by atoms with Gasteiger partial charge in [0.05, 0.1) is 34.3 Å². The van der Waals surface area contributed by atoms with E-state index in [1.54, 1.807) is 11.9 Å². The molecular formula is C27H32N6O2. The topological polar surface area (TPSA) is 96.8 Å². The molecule has 0 spiro atoms. The van der Waals surface area contributed by atoms with Crippen LogP contribution in [0.25, 0.3) is 22.2 Å². The number of benzene rings is 2. The minimum Gasteiger partial charge on any atom is -0.372 e. The summed E-state index contributed by atoms with van der Waals surface area (Å²) < 4.78 is 2.33. The normalized spacial score (nSPS) is 15.4. The van der Waals surface area contributed by atoms with Gasteiger partial charge in [-0.2, -0.15) is 0 Å². The van der Waals surface area contributed by atoms with Gasteiger partial charge in [0, 0.05) is 51.4 Å². The summed E-state index contributed by atoms with van der Waals surface area (Å²) in [4.78, 5) is 36.5. The molecule has 1 fully saturated rings. The minimum atomic E-state index is -0.467. The Balaban J connectivity index is 1.57. The molecule has 2 amide bonds. The van der Waals surface area contributed by atoms with Gasteiger partial charge in [0.2, 0.25) is 6.41 Å². The van der Waals surface area contributed by atoms with Crippen LogP contribution in [-0.2, 0) is 11.2 Å². The zero-order valence-corrected chi connectivity index (χ0v) is 20.4. The van der Waals surface area contributed by atoms with E-state index in [4.69, 9.17) is 10.7 Å². The predicted octanol–water partition coefficient (Wildman–Crippen LogP) is 4.09. The number of nitrogens with two attached hydrogens (primary N) is 1. The molecule has 8 heteroatoms. The van der Waals surface area contributed by atoms with Crippen LogP contribution in [0.2, 0.25) is 0 Å². The van der Waals surface area contributed by atoms with Crippen molar-refractivity contribution >= 4 is 40.9 Å². The fourth-order valence-corrected chi connectivity index (χ4v) is 5.41. The molecule has 0 saturated heterocycles. The van der Waals surface area contributed by atoms with E-state index in [0.717, 1.165) is 45.5 Å². The van der Waals surface area contributed by atoms with Crippen molar-refractivity contribution in [3.8, 4) is 11.1 Å². The fraction of sp³-hybridized carbons (Fsp3) is 0.407. The van der Waals surface area contributed by atoms with Crippen molar-refractivity contribution in [2.75, 3.05) is 32.1 Å². The zero-order chi connectivity index (χ0) is 24.5. The summed E-state index contributed by atoms with van der Waals surface area (Å²) in [6.07, 6.45) is 11.5. The summed E-state index contributed by atoms with van der Waals surface area (Å²) in [5, 5.41) is 0. The number of aromatic nitrogens is 2. The lowest BCUT2D eigenvalue weighted by Gasteiger charge is -2.26. The molecule has 5 rings (SSSR count). The van der Waals surface area contributed by atoms with Gasteiger partial charge < -0.3 is 20.1 Å². The molecule has 0 radical (unpaired) electrons. The highest BCUT2D eigenvalue weighted by molar-refractivity contribution is 6.06. The smallest absolute Gasteiger partial charge is 0.251 e. The number of amides is 2. The summed E-state index contributed by atoms with van der Waals surface area (Å²) in [5.41, 5.74) is 12.8. The number of imidazole rings is 1. The van der Waals surface area contributed by atoms with Crippen LogP contribution in [0.1, 0.15) is 54.1 Å². The van der Waals surface area contributed by atoms with E-state index in [-0.39, 0.29) is 0 Å². The molecule has 0 unspecified atom stereocenters. The van der Waals surface area contributed by atoms with Gasteiger partial charge >= 0.3 is 0 Å². The molecule has 2 aromatic carbocycles. The predicted molar refractivity (Wildman–Crippen MR) is 140 cm³/mol. The fourth-order valence-electron chi connectivity index (χ4n) is 5.41. The third kappa shape index (κ3) is 4.29. The molecule has 1 aliphatic heterocycles. The van der Waals surface area contributed by atoms with Gasteiger partial charge in [0.1, 0.15) is 0 Å². The summed E-state index contributed by atoms with van der Waals surface area (Å²) in [7, 11) is 3.65. The standard InChI is InChI=1S/C27H32N6O2/c1-31(17-34)12-13-32(2)24-15-21(26-20(10-11-29-26)25(24)27(28)35)18-8-9-23-22(14-18)30-16-33(23)19-6-4-3-5-7-19/h8-9,11,14-17,19H,3-7,10,12-13H2,1-2H3,(H2,28,35). The van der Waals surface area contributed by atoms with Crippen LogP contribution in [0.15, 0.2) is 35.6 Å². The Morgan fingerprint density at radius 1 is 1.17 bits per heavy atom. The van der Waals surface area contributed by atoms with E-state index in [2.05, 4.69) is 27.8 Å². The van der Waals surface area contributed by atoms with Crippen molar-refractivity contribution in [2.24, 2.45) is 10.7 Å². The molecule has 1 aliphatic carbocycles. The van der Waals surface area contributed by atoms with Crippen LogP contribution in [-0.4, -0.2) is 60.2 Å². The zero-order valence-electron chi connectivity index (χ0n) is 20.4. The number of carbonyl (C=O) groups is 2. The number of fused-ring (bicyclic) bond motifs is 2. The van der Waals surface area contributed by atoms with Crippen LogP contribution in [0, 0.1) is 0 Å². The molecule has 2 aliphatic rings. The number of hydrogen-bond acceptors (Lipinski definition) is 5. The molecule has 1 aromatic heterocycles. The average molecular weight is 473 g/mol. The first-order valence-electron chi connectivity index (χ1n) is 12.3. The molecule has 3 aromatic rings. The summed E-state index contributed by atoms with van der Waals surface area (Å²) in [6, 6.07) is 8.92. The third-order valence-corrected chi connectivity index (χ3v) is 7.38. The van der Waals surface area contributed by atoms with E-state index in [9.17, 15) is 9.59 Å². The number of likely N-dealkylation sites (N-methyl/N-ethyl adjacent to an activating group) is 2. The Hall–Kier alpha value is -3.68. The van der Waals surface area contributed by atoms with Gasteiger partial charge in [-0.3, -0.25) is 14.6 Å². The maximum atomic E-state index is 12.5. The van der Waals surface area contributed by atoms with Gasteiger partial charge in [0.25, 0.3) is 5.91 Å². The van der Waals surface area contributed by atoms with Crippen LogP contribution in [0.3, 0.4) is 0 Å². The third-order valence-electron chi connectivity index (χ3n) is 7.38. The van der Waals surface area contributed by atoms with Gasteiger partial charge in [-0.05, 0) is 42.2 Å². The molecule has 8 nitrogen and oxygen atoms in total.